The van der Waals surface area contributed by atoms with Gasteiger partial charge in [0.05, 0.1) is 27.8 Å². The Balaban J connectivity index is 1.32. The smallest absolute Gasteiger partial charge is 0.252 e. The molecule has 3 aliphatic rings. The number of nitrogens with zero attached hydrogens (tertiary/aromatic N) is 3. The van der Waals surface area contributed by atoms with Crippen molar-refractivity contribution in [2.24, 2.45) is 0 Å². The first kappa shape index (κ1) is 26.0. The monoisotopic (exact) mass is 623 g/mol. The third kappa shape index (κ3) is 2.95. The molecule has 0 radical (unpaired) electrons. The molecule has 5 heterocycles. The van der Waals surface area contributed by atoms with Crippen LogP contribution in [0.5, 0.6) is 0 Å². The van der Waals surface area contributed by atoms with Gasteiger partial charge in [0.15, 0.2) is 0 Å². The highest BCUT2D eigenvalue weighted by Crippen LogP contribution is 2.53. The molecule has 0 amide bonds. The first-order chi connectivity index (χ1) is 24.1. The standard InChI is InChI=1S/C45H30BN3/c1-45(2)31-18-8-11-23-37(31)49-39-25-13-24-38-41(39)46(33-20-12-19-32(45)43(33)49)34-26-30-28-16-6-9-21-35(28)47(27-14-4-3-5-15-27)42(30)40-29-17-7-10-22-36(29)48(38)44(34)40/h3-26H,1-2H3. The fourth-order valence-electron chi connectivity index (χ4n) is 9.92. The molecular formula is C45H30BN3. The Bertz CT molecular complexity index is 2930. The van der Waals surface area contributed by atoms with Crippen LogP contribution >= 0.6 is 0 Å². The number of para-hydroxylation sites is 5. The highest BCUT2D eigenvalue weighted by Gasteiger charge is 2.47. The molecule has 0 unspecified atom stereocenters. The Morgan fingerprint density at radius 1 is 0.490 bits per heavy atom. The summed E-state index contributed by atoms with van der Waals surface area (Å²) in [6.45, 7) is 4.89. The van der Waals surface area contributed by atoms with E-state index >= 15 is 0 Å². The van der Waals surface area contributed by atoms with Crippen molar-refractivity contribution in [2.45, 2.75) is 19.3 Å². The third-order valence-electron chi connectivity index (χ3n) is 11.8. The lowest BCUT2D eigenvalue weighted by atomic mass is 9.33. The van der Waals surface area contributed by atoms with Crippen molar-refractivity contribution in [3.63, 3.8) is 0 Å². The SMILES string of the molecule is CC1(C)c2ccccc2N2c3cccc4c3B(c3cccc1c32)c1cc2c3ccccc3n(-c3ccccc3)c2c2c3ccccc3n-4c12. The van der Waals surface area contributed by atoms with E-state index in [1.54, 1.807) is 0 Å². The van der Waals surface area contributed by atoms with Gasteiger partial charge in [-0.05, 0) is 70.0 Å². The van der Waals surface area contributed by atoms with Crippen LogP contribution in [0.4, 0.5) is 17.1 Å². The average Bonchev–Trinajstić information content (AvgIpc) is 3.67. The minimum atomic E-state index is -0.126. The minimum Gasteiger partial charge on any atom is -0.311 e. The normalized spacial score (nSPS) is 14.8. The molecule has 12 rings (SSSR count). The van der Waals surface area contributed by atoms with Gasteiger partial charge in [0.25, 0.3) is 6.71 Å². The van der Waals surface area contributed by atoms with Crippen LogP contribution in [0.2, 0.25) is 0 Å². The molecule has 4 heteroatoms. The lowest BCUT2D eigenvalue weighted by Crippen LogP contribution is -2.61. The van der Waals surface area contributed by atoms with Crippen molar-refractivity contribution >= 4 is 83.8 Å². The van der Waals surface area contributed by atoms with E-state index < -0.39 is 0 Å². The van der Waals surface area contributed by atoms with Crippen molar-refractivity contribution in [2.75, 3.05) is 4.90 Å². The Kier molecular flexibility index (Phi) is 4.63. The third-order valence-corrected chi connectivity index (χ3v) is 11.8. The van der Waals surface area contributed by atoms with Crippen LogP contribution in [0, 0.1) is 0 Å². The van der Waals surface area contributed by atoms with E-state index in [1.165, 1.54) is 99.6 Å². The first-order valence-electron chi connectivity index (χ1n) is 17.3. The summed E-state index contributed by atoms with van der Waals surface area (Å²) in [6.07, 6.45) is 0. The lowest BCUT2D eigenvalue weighted by molar-refractivity contribution is 0.632. The van der Waals surface area contributed by atoms with E-state index in [-0.39, 0.29) is 12.1 Å². The number of hydrogen-bond acceptors (Lipinski definition) is 1. The molecule has 0 bridgehead atoms. The number of aromatic nitrogens is 2. The number of anilines is 3. The van der Waals surface area contributed by atoms with Gasteiger partial charge in [-0.25, -0.2) is 0 Å². The predicted octanol–water partition coefficient (Wildman–Crippen LogP) is 9.13. The molecule has 228 valence electrons. The first-order valence-corrected chi connectivity index (χ1v) is 17.3. The van der Waals surface area contributed by atoms with Gasteiger partial charge in [-0.15, -0.1) is 0 Å². The maximum atomic E-state index is 2.58. The van der Waals surface area contributed by atoms with Gasteiger partial charge in [0, 0.05) is 49.7 Å². The summed E-state index contributed by atoms with van der Waals surface area (Å²) in [4.78, 5) is 2.58. The van der Waals surface area contributed by atoms with Crippen LogP contribution in [-0.4, -0.2) is 15.8 Å². The number of hydrogen-bond donors (Lipinski definition) is 0. The van der Waals surface area contributed by atoms with Crippen LogP contribution in [0.25, 0.3) is 55.0 Å². The molecule has 0 fully saturated rings. The van der Waals surface area contributed by atoms with E-state index in [4.69, 9.17) is 0 Å². The zero-order chi connectivity index (χ0) is 32.2. The molecular weight excluding hydrogens is 593 g/mol. The van der Waals surface area contributed by atoms with Crippen LogP contribution in [0.1, 0.15) is 25.0 Å². The number of rotatable bonds is 1. The molecule has 0 aliphatic carbocycles. The van der Waals surface area contributed by atoms with Gasteiger partial charge in [-0.3, -0.25) is 0 Å². The molecule has 49 heavy (non-hydrogen) atoms. The summed E-state index contributed by atoms with van der Waals surface area (Å²) in [5.41, 5.74) is 18.3. The zero-order valence-electron chi connectivity index (χ0n) is 27.3. The topological polar surface area (TPSA) is 13.1 Å². The van der Waals surface area contributed by atoms with Gasteiger partial charge < -0.3 is 14.0 Å². The Labute approximate surface area is 284 Å². The van der Waals surface area contributed by atoms with Crippen LogP contribution in [0.15, 0.2) is 146 Å². The lowest BCUT2D eigenvalue weighted by Gasteiger charge is -2.48. The van der Waals surface area contributed by atoms with Gasteiger partial charge >= 0.3 is 0 Å². The number of fused-ring (bicyclic) bond motifs is 13. The quantitative estimate of drug-likeness (QED) is 0.166. The van der Waals surface area contributed by atoms with Crippen LogP contribution in [0.3, 0.4) is 0 Å². The Hall–Kier alpha value is -6.00. The van der Waals surface area contributed by atoms with Crippen molar-refractivity contribution in [3.8, 4) is 11.4 Å². The Morgan fingerprint density at radius 2 is 1.14 bits per heavy atom. The molecule has 3 nitrogen and oxygen atoms in total. The molecule has 0 saturated heterocycles. The largest absolute Gasteiger partial charge is 0.311 e. The second kappa shape index (κ2) is 8.72. The summed E-state index contributed by atoms with van der Waals surface area (Å²) < 4.78 is 5.08. The molecule has 0 saturated carbocycles. The molecule has 0 atom stereocenters. The average molecular weight is 624 g/mol. The summed E-state index contributed by atoms with van der Waals surface area (Å²) >= 11 is 0. The summed E-state index contributed by atoms with van der Waals surface area (Å²) in [6, 6.07) is 54.5. The van der Waals surface area contributed by atoms with E-state index in [9.17, 15) is 0 Å². The van der Waals surface area contributed by atoms with Crippen LogP contribution < -0.4 is 21.3 Å². The van der Waals surface area contributed by atoms with E-state index in [2.05, 4.69) is 173 Å². The highest BCUT2D eigenvalue weighted by molar-refractivity contribution is 7.00. The predicted molar refractivity (Wildman–Crippen MR) is 207 cm³/mol. The zero-order valence-corrected chi connectivity index (χ0v) is 27.3. The van der Waals surface area contributed by atoms with Gasteiger partial charge in [0.1, 0.15) is 0 Å². The molecule has 3 aliphatic heterocycles. The molecule has 9 aromatic rings. The van der Waals surface area contributed by atoms with Crippen LogP contribution in [-0.2, 0) is 5.41 Å². The molecule has 0 N–H and O–H groups in total. The van der Waals surface area contributed by atoms with E-state index in [0.717, 1.165) is 0 Å². The van der Waals surface area contributed by atoms with Crippen molar-refractivity contribution in [1.29, 1.82) is 0 Å². The van der Waals surface area contributed by atoms with Crippen molar-refractivity contribution in [3.05, 3.63) is 157 Å². The van der Waals surface area contributed by atoms with E-state index in [1.807, 2.05) is 0 Å². The molecule has 7 aromatic carbocycles. The maximum absolute atomic E-state index is 2.58. The Morgan fingerprint density at radius 3 is 2.00 bits per heavy atom. The second-order valence-electron chi connectivity index (χ2n) is 14.5. The minimum absolute atomic E-state index is 0.0982. The summed E-state index contributed by atoms with van der Waals surface area (Å²) in [5.74, 6) is 0. The molecule has 0 spiro atoms. The van der Waals surface area contributed by atoms with E-state index in [0.29, 0.717) is 0 Å². The number of benzene rings is 7. The fourth-order valence-corrected chi connectivity index (χ4v) is 9.92. The van der Waals surface area contributed by atoms with Gasteiger partial charge in [-0.1, -0.05) is 117 Å². The van der Waals surface area contributed by atoms with Gasteiger partial charge in [-0.2, -0.15) is 0 Å². The van der Waals surface area contributed by atoms with Crippen molar-refractivity contribution in [1.82, 2.24) is 9.13 Å². The van der Waals surface area contributed by atoms with Gasteiger partial charge in [0.2, 0.25) is 0 Å². The maximum Gasteiger partial charge on any atom is 0.252 e. The highest BCUT2D eigenvalue weighted by atomic mass is 15.2. The summed E-state index contributed by atoms with van der Waals surface area (Å²) in [5, 5.41) is 5.22. The second-order valence-corrected chi connectivity index (χ2v) is 14.5. The summed E-state index contributed by atoms with van der Waals surface area (Å²) in [7, 11) is 0. The van der Waals surface area contributed by atoms with Crippen molar-refractivity contribution < 1.29 is 0 Å². The molecule has 2 aromatic heterocycles. The fraction of sp³-hybridized carbons (Fsp3) is 0.0667.